The van der Waals surface area contributed by atoms with Gasteiger partial charge in [0.25, 0.3) is 0 Å². The number of rotatable bonds is 2. The van der Waals surface area contributed by atoms with Crippen molar-refractivity contribution in [3.05, 3.63) is 62.9 Å². The Bertz CT molecular complexity index is 762. The highest BCUT2D eigenvalue weighted by atomic mass is 127. The van der Waals surface area contributed by atoms with Crippen LogP contribution in [0.3, 0.4) is 0 Å². The van der Waals surface area contributed by atoms with E-state index in [1.807, 2.05) is 47.0 Å². The van der Waals surface area contributed by atoms with Crippen molar-refractivity contribution in [1.29, 1.82) is 0 Å². The fourth-order valence-corrected chi connectivity index (χ4v) is 2.72. The summed E-state index contributed by atoms with van der Waals surface area (Å²) in [5.41, 5.74) is 2.05. The molecule has 0 spiro atoms. The van der Waals surface area contributed by atoms with Crippen molar-refractivity contribution >= 4 is 34.8 Å². The van der Waals surface area contributed by atoms with E-state index in [9.17, 15) is 0 Å². The zero-order valence-corrected chi connectivity index (χ0v) is 12.9. The van der Waals surface area contributed by atoms with Crippen LogP contribution in [0.25, 0.3) is 17.1 Å². The lowest BCUT2D eigenvalue weighted by Gasteiger charge is -2.06. The summed E-state index contributed by atoms with van der Waals surface area (Å²) >= 11 is 7.62. The van der Waals surface area contributed by atoms with Crippen LogP contribution >= 0.6 is 34.8 Å². The highest BCUT2D eigenvalue weighted by Crippen LogP contribution is 2.22. The van der Waals surface area contributed by atoms with Gasteiger partial charge in [0.15, 0.2) is 10.6 Å². The van der Waals surface area contributed by atoms with E-state index in [1.165, 1.54) is 3.57 Å². The maximum Gasteiger partial charge on any atom is 0.200 e. The summed E-state index contributed by atoms with van der Waals surface area (Å²) in [7, 11) is 0. The molecule has 1 N–H and O–H groups in total. The smallest absolute Gasteiger partial charge is 0.200 e. The number of para-hydroxylation sites is 1. The van der Waals surface area contributed by atoms with Gasteiger partial charge >= 0.3 is 0 Å². The maximum absolute atomic E-state index is 5.33. The Kier molecular flexibility index (Phi) is 3.48. The van der Waals surface area contributed by atoms with Crippen molar-refractivity contribution in [3.63, 3.8) is 0 Å². The van der Waals surface area contributed by atoms with Gasteiger partial charge in [-0.25, -0.2) is 0 Å². The van der Waals surface area contributed by atoms with E-state index in [-0.39, 0.29) is 0 Å². The Morgan fingerprint density at radius 1 is 1.05 bits per heavy atom. The van der Waals surface area contributed by atoms with Crippen molar-refractivity contribution in [2.45, 2.75) is 0 Å². The van der Waals surface area contributed by atoms with Crippen molar-refractivity contribution in [2.24, 2.45) is 0 Å². The lowest BCUT2D eigenvalue weighted by molar-refractivity contribution is 1.04. The van der Waals surface area contributed by atoms with Gasteiger partial charge < -0.3 is 0 Å². The molecule has 5 heteroatoms. The standard InChI is InChI=1S/C14H10IN3S/c15-11-6-4-5-10(9-11)13-16-17-14(19)18(13)12-7-2-1-3-8-12/h1-9H,(H,17,19). The van der Waals surface area contributed by atoms with Gasteiger partial charge in [0.1, 0.15) is 0 Å². The molecule has 1 aromatic heterocycles. The molecular weight excluding hydrogens is 369 g/mol. The minimum Gasteiger partial charge on any atom is -0.268 e. The number of benzene rings is 2. The number of hydrogen-bond acceptors (Lipinski definition) is 2. The zero-order valence-electron chi connectivity index (χ0n) is 9.88. The predicted octanol–water partition coefficient (Wildman–Crippen LogP) is 4.20. The molecule has 0 saturated carbocycles. The van der Waals surface area contributed by atoms with Crippen molar-refractivity contribution in [3.8, 4) is 17.1 Å². The number of aromatic nitrogens is 3. The number of H-pyrrole nitrogens is 1. The summed E-state index contributed by atoms with van der Waals surface area (Å²) in [4.78, 5) is 0. The van der Waals surface area contributed by atoms with Crippen LogP contribution in [-0.2, 0) is 0 Å². The Morgan fingerprint density at radius 2 is 1.84 bits per heavy atom. The quantitative estimate of drug-likeness (QED) is 0.535. The monoisotopic (exact) mass is 379 g/mol. The summed E-state index contributed by atoms with van der Waals surface area (Å²) < 4.78 is 3.71. The second kappa shape index (κ2) is 5.26. The van der Waals surface area contributed by atoms with E-state index in [1.54, 1.807) is 0 Å². The molecule has 2 aromatic carbocycles. The van der Waals surface area contributed by atoms with E-state index in [0.29, 0.717) is 4.77 Å². The first-order chi connectivity index (χ1) is 9.25. The Morgan fingerprint density at radius 3 is 2.58 bits per heavy atom. The number of halogens is 1. The van der Waals surface area contributed by atoms with Crippen LogP contribution in [0.5, 0.6) is 0 Å². The van der Waals surface area contributed by atoms with Crippen LogP contribution in [-0.4, -0.2) is 14.8 Å². The molecular formula is C14H10IN3S. The van der Waals surface area contributed by atoms with Crippen LogP contribution in [0.2, 0.25) is 0 Å². The van der Waals surface area contributed by atoms with Gasteiger partial charge in [-0.05, 0) is 59.1 Å². The van der Waals surface area contributed by atoms with Crippen LogP contribution in [0.15, 0.2) is 54.6 Å². The first-order valence-corrected chi connectivity index (χ1v) is 7.23. The van der Waals surface area contributed by atoms with Crippen molar-refractivity contribution < 1.29 is 0 Å². The summed E-state index contributed by atoms with van der Waals surface area (Å²) in [6, 6.07) is 18.2. The van der Waals surface area contributed by atoms with Crippen LogP contribution in [0, 0.1) is 8.34 Å². The Labute approximate surface area is 129 Å². The van der Waals surface area contributed by atoms with E-state index >= 15 is 0 Å². The van der Waals surface area contributed by atoms with Gasteiger partial charge in [-0.1, -0.05) is 30.3 Å². The highest BCUT2D eigenvalue weighted by Gasteiger charge is 2.10. The molecule has 0 radical (unpaired) electrons. The summed E-state index contributed by atoms with van der Waals surface area (Å²) in [5, 5.41) is 7.21. The van der Waals surface area contributed by atoms with Crippen LogP contribution in [0.1, 0.15) is 0 Å². The normalized spacial score (nSPS) is 10.6. The topological polar surface area (TPSA) is 33.6 Å². The minimum atomic E-state index is 0.597. The largest absolute Gasteiger partial charge is 0.268 e. The van der Waals surface area contributed by atoms with Gasteiger partial charge in [0, 0.05) is 14.8 Å². The molecule has 0 unspecified atom stereocenters. The fourth-order valence-electron chi connectivity index (χ4n) is 1.93. The predicted molar refractivity (Wildman–Crippen MR) is 86.9 cm³/mol. The lowest BCUT2D eigenvalue weighted by atomic mass is 10.2. The average molecular weight is 379 g/mol. The summed E-state index contributed by atoms with van der Waals surface area (Å²) in [6.45, 7) is 0. The molecule has 1 heterocycles. The summed E-state index contributed by atoms with van der Waals surface area (Å²) in [6.07, 6.45) is 0. The fraction of sp³-hybridized carbons (Fsp3) is 0. The minimum absolute atomic E-state index is 0.597. The molecule has 0 aliphatic heterocycles. The first-order valence-electron chi connectivity index (χ1n) is 5.74. The molecule has 0 aliphatic rings. The van der Waals surface area contributed by atoms with Gasteiger partial charge in [-0.2, -0.15) is 5.10 Å². The molecule has 3 nitrogen and oxygen atoms in total. The third-order valence-corrected chi connectivity index (χ3v) is 3.71. The lowest BCUT2D eigenvalue weighted by Crippen LogP contribution is -1.97. The molecule has 0 atom stereocenters. The van der Waals surface area contributed by atoms with E-state index in [2.05, 4.69) is 44.9 Å². The first kappa shape index (κ1) is 12.6. The second-order valence-corrected chi connectivity index (χ2v) is 5.67. The van der Waals surface area contributed by atoms with Gasteiger partial charge in [-0.3, -0.25) is 9.67 Å². The molecule has 0 saturated heterocycles. The number of nitrogens with zero attached hydrogens (tertiary/aromatic N) is 2. The van der Waals surface area contributed by atoms with Crippen molar-refractivity contribution in [2.75, 3.05) is 0 Å². The molecule has 0 bridgehead atoms. The number of nitrogens with one attached hydrogen (secondary N) is 1. The third-order valence-electron chi connectivity index (χ3n) is 2.77. The number of aromatic amines is 1. The molecule has 0 fully saturated rings. The molecule has 0 amide bonds. The molecule has 19 heavy (non-hydrogen) atoms. The SMILES string of the molecule is S=c1[nH]nc(-c2cccc(I)c2)n1-c1ccccc1. The Balaban J connectivity index is 2.22. The van der Waals surface area contributed by atoms with Gasteiger partial charge in [0.05, 0.1) is 0 Å². The molecule has 94 valence electrons. The van der Waals surface area contributed by atoms with Gasteiger partial charge in [0.2, 0.25) is 0 Å². The Hall–Kier alpha value is -1.47. The van der Waals surface area contributed by atoms with Crippen LogP contribution < -0.4 is 0 Å². The van der Waals surface area contributed by atoms with E-state index in [4.69, 9.17) is 12.2 Å². The third kappa shape index (κ3) is 2.48. The van der Waals surface area contributed by atoms with E-state index in [0.717, 1.165) is 17.1 Å². The number of hydrogen-bond donors (Lipinski definition) is 1. The average Bonchev–Trinajstić information content (AvgIpc) is 2.82. The maximum atomic E-state index is 5.33. The van der Waals surface area contributed by atoms with Crippen LogP contribution in [0.4, 0.5) is 0 Å². The van der Waals surface area contributed by atoms with Crippen molar-refractivity contribution in [1.82, 2.24) is 14.8 Å². The molecule has 3 rings (SSSR count). The zero-order chi connectivity index (χ0) is 13.2. The molecule has 3 aromatic rings. The highest BCUT2D eigenvalue weighted by molar-refractivity contribution is 14.1. The second-order valence-electron chi connectivity index (χ2n) is 4.03. The van der Waals surface area contributed by atoms with E-state index < -0.39 is 0 Å². The van der Waals surface area contributed by atoms with Gasteiger partial charge in [-0.15, -0.1) is 0 Å². The molecule has 0 aliphatic carbocycles. The summed E-state index contributed by atoms with van der Waals surface area (Å²) in [5.74, 6) is 0.828.